The van der Waals surface area contributed by atoms with Crippen LogP contribution in [0.1, 0.15) is 5.56 Å². The third-order valence-electron chi connectivity index (χ3n) is 2.79. The van der Waals surface area contributed by atoms with Gasteiger partial charge in [-0.05, 0) is 35.5 Å². The molecule has 5 nitrogen and oxygen atoms in total. The van der Waals surface area contributed by atoms with Crippen LogP contribution >= 0.6 is 0 Å². The predicted molar refractivity (Wildman–Crippen MR) is 80.3 cm³/mol. The van der Waals surface area contributed by atoms with E-state index in [0.717, 1.165) is 16.9 Å². The molecule has 0 heterocycles. The Labute approximate surface area is 117 Å². The standard InChI is InChI=1S/C15H15N3O2/c1-20-10-14(16)13-4-2-3-5-15(13)17-11-6-8-12(18-19)9-7-11/h2-9,16-17H,10H2,1H3. The van der Waals surface area contributed by atoms with Gasteiger partial charge in [0.05, 0.1) is 12.3 Å². The summed E-state index contributed by atoms with van der Waals surface area (Å²) in [7, 11) is 1.57. The molecule has 102 valence electrons. The summed E-state index contributed by atoms with van der Waals surface area (Å²) in [6.07, 6.45) is 0. The fourth-order valence-electron chi connectivity index (χ4n) is 1.84. The van der Waals surface area contributed by atoms with Gasteiger partial charge < -0.3 is 15.5 Å². The molecule has 0 amide bonds. The highest BCUT2D eigenvalue weighted by atomic mass is 16.5. The molecular weight excluding hydrogens is 254 g/mol. The van der Waals surface area contributed by atoms with E-state index < -0.39 is 0 Å². The molecule has 0 aromatic heterocycles. The molecule has 0 saturated heterocycles. The van der Waals surface area contributed by atoms with E-state index in [1.807, 2.05) is 24.3 Å². The number of ether oxygens (including phenoxy) is 1. The number of rotatable bonds is 6. The second-order valence-electron chi connectivity index (χ2n) is 4.22. The van der Waals surface area contributed by atoms with Crippen molar-refractivity contribution in [2.45, 2.75) is 0 Å². The van der Waals surface area contributed by atoms with Gasteiger partial charge in [-0.15, -0.1) is 4.91 Å². The summed E-state index contributed by atoms with van der Waals surface area (Å²) in [5.74, 6) is 0. The lowest BCUT2D eigenvalue weighted by Gasteiger charge is -2.12. The van der Waals surface area contributed by atoms with Crippen LogP contribution in [-0.4, -0.2) is 19.4 Å². The predicted octanol–water partition coefficient (Wildman–Crippen LogP) is 3.84. The highest BCUT2D eigenvalue weighted by molar-refractivity contribution is 6.04. The van der Waals surface area contributed by atoms with Gasteiger partial charge in [0.15, 0.2) is 0 Å². The van der Waals surface area contributed by atoms with E-state index in [9.17, 15) is 4.91 Å². The molecule has 0 radical (unpaired) electrons. The summed E-state index contributed by atoms with van der Waals surface area (Å²) in [4.78, 5) is 10.4. The summed E-state index contributed by atoms with van der Waals surface area (Å²) in [6, 6.07) is 14.4. The first-order valence-electron chi connectivity index (χ1n) is 6.11. The largest absolute Gasteiger partial charge is 0.378 e. The quantitative estimate of drug-likeness (QED) is 0.618. The van der Waals surface area contributed by atoms with Gasteiger partial charge in [0, 0.05) is 24.0 Å². The smallest absolute Gasteiger partial charge is 0.108 e. The average Bonchev–Trinajstić information content (AvgIpc) is 2.49. The summed E-state index contributed by atoms with van der Waals surface area (Å²) >= 11 is 0. The number of para-hydroxylation sites is 1. The number of nitroso groups, excluding NO2 is 1. The maximum absolute atomic E-state index is 10.4. The van der Waals surface area contributed by atoms with Crippen LogP contribution in [-0.2, 0) is 4.74 Å². The van der Waals surface area contributed by atoms with Gasteiger partial charge in [0.25, 0.3) is 0 Å². The van der Waals surface area contributed by atoms with E-state index in [2.05, 4.69) is 10.5 Å². The van der Waals surface area contributed by atoms with Gasteiger partial charge in [-0.25, -0.2) is 0 Å². The van der Waals surface area contributed by atoms with Crippen molar-refractivity contribution in [2.75, 3.05) is 19.0 Å². The first-order valence-corrected chi connectivity index (χ1v) is 6.11. The molecule has 0 aliphatic rings. The zero-order valence-electron chi connectivity index (χ0n) is 11.1. The van der Waals surface area contributed by atoms with Crippen molar-refractivity contribution in [3.05, 3.63) is 59.0 Å². The molecule has 0 bridgehead atoms. The highest BCUT2D eigenvalue weighted by Gasteiger charge is 2.07. The van der Waals surface area contributed by atoms with Crippen molar-refractivity contribution in [1.82, 2.24) is 0 Å². The lowest BCUT2D eigenvalue weighted by molar-refractivity contribution is 0.245. The van der Waals surface area contributed by atoms with Crippen LogP contribution in [0.15, 0.2) is 53.7 Å². The molecule has 0 atom stereocenters. The topological polar surface area (TPSA) is 74.5 Å². The fraction of sp³-hybridized carbons (Fsp3) is 0.133. The minimum absolute atomic E-state index is 0.257. The van der Waals surface area contributed by atoms with E-state index >= 15 is 0 Å². The highest BCUT2D eigenvalue weighted by Crippen LogP contribution is 2.23. The zero-order valence-corrected chi connectivity index (χ0v) is 11.1. The van der Waals surface area contributed by atoms with Crippen molar-refractivity contribution in [3.63, 3.8) is 0 Å². The van der Waals surface area contributed by atoms with Gasteiger partial charge in [0.1, 0.15) is 5.69 Å². The van der Waals surface area contributed by atoms with Crippen LogP contribution in [0, 0.1) is 10.3 Å². The van der Waals surface area contributed by atoms with Crippen LogP contribution in [0.2, 0.25) is 0 Å². The number of hydrogen-bond donors (Lipinski definition) is 2. The molecule has 2 aromatic carbocycles. The first kappa shape index (κ1) is 13.9. The Morgan fingerprint density at radius 3 is 2.55 bits per heavy atom. The number of nitrogens with zero attached hydrogens (tertiary/aromatic N) is 1. The van der Waals surface area contributed by atoms with Crippen molar-refractivity contribution in [1.29, 1.82) is 5.41 Å². The summed E-state index contributed by atoms with van der Waals surface area (Å²) < 4.78 is 4.99. The molecule has 2 aromatic rings. The maximum atomic E-state index is 10.4. The molecule has 2 rings (SSSR count). The van der Waals surface area contributed by atoms with Gasteiger partial charge in [-0.2, -0.15) is 0 Å². The van der Waals surface area contributed by atoms with Gasteiger partial charge in [0.2, 0.25) is 0 Å². The van der Waals surface area contributed by atoms with E-state index in [1.165, 1.54) is 0 Å². The molecule has 0 fully saturated rings. The zero-order chi connectivity index (χ0) is 14.4. The monoisotopic (exact) mass is 269 g/mol. The number of benzene rings is 2. The Kier molecular flexibility index (Phi) is 4.57. The Hall–Kier alpha value is -2.53. The third kappa shape index (κ3) is 3.27. The number of hydrogen-bond acceptors (Lipinski definition) is 5. The van der Waals surface area contributed by atoms with Crippen molar-refractivity contribution < 1.29 is 4.74 Å². The van der Waals surface area contributed by atoms with Crippen LogP contribution in [0.3, 0.4) is 0 Å². The summed E-state index contributed by atoms with van der Waals surface area (Å²) in [5, 5.41) is 14.1. The number of methoxy groups -OCH3 is 1. The molecule has 0 aliphatic carbocycles. The molecule has 0 saturated carbocycles. The second-order valence-corrected chi connectivity index (χ2v) is 4.22. The van der Waals surface area contributed by atoms with E-state index in [1.54, 1.807) is 31.4 Å². The van der Waals surface area contributed by atoms with Crippen molar-refractivity contribution in [2.24, 2.45) is 5.18 Å². The molecule has 0 spiro atoms. The molecule has 0 unspecified atom stereocenters. The first-order chi connectivity index (χ1) is 9.74. The maximum Gasteiger partial charge on any atom is 0.108 e. The van der Waals surface area contributed by atoms with E-state index in [-0.39, 0.29) is 6.61 Å². The average molecular weight is 269 g/mol. The fourth-order valence-corrected chi connectivity index (χ4v) is 1.84. The number of anilines is 2. The third-order valence-corrected chi connectivity index (χ3v) is 2.79. The second kappa shape index (κ2) is 6.58. The van der Waals surface area contributed by atoms with E-state index in [0.29, 0.717) is 11.4 Å². The normalized spacial score (nSPS) is 10.1. The lowest BCUT2D eigenvalue weighted by Crippen LogP contribution is -2.09. The van der Waals surface area contributed by atoms with Gasteiger partial charge in [-0.3, -0.25) is 0 Å². The van der Waals surface area contributed by atoms with Crippen LogP contribution < -0.4 is 5.32 Å². The van der Waals surface area contributed by atoms with Gasteiger partial charge >= 0.3 is 0 Å². The van der Waals surface area contributed by atoms with Gasteiger partial charge in [-0.1, -0.05) is 18.2 Å². The van der Waals surface area contributed by atoms with Crippen LogP contribution in [0.4, 0.5) is 17.1 Å². The molecule has 2 N–H and O–H groups in total. The summed E-state index contributed by atoms with van der Waals surface area (Å²) in [5.41, 5.74) is 3.22. The minimum Gasteiger partial charge on any atom is -0.378 e. The van der Waals surface area contributed by atoms with Crippen LogP contribution in [0.25, 0.3) is 0 Å². The van der Waals surface area contributed by atoms with Crippen molar-refractivity contribution in [3.8, 4) is 0 Å². The molecule has 20 heavy (non-hydrogen) atoms. The Balaban J connectivity index is 2.23. The number of nitrogens with one attached hydrogen (secondary N) is 2. The lowest BCUT2D eigenvalue weighted by atomic mass is 10.1. The molecular formula is C15H15N3O2. The SMILES string of the molecule is COCC(=N)c1ccccc1Nc1ccc(N=O)cc1. The Bertz CT molecular complexity index is 609. The Morgan fingerprint density at radius 2 is 1.90 bits per heavy atom. The summed E-state index contributed by atoms with van der Waals surface area (Å²) in [6.45, 7) is 0.257. The van der Waals surface area contributed by atoms with Crippen molar-refractivity contribution >= 4 is 22.8 Å². The Morgan fingerprint density at radius 1 is 1.20 bits per heavy atom. The molecule has 5 heteroatoms. The van der Waals surface area contributed by atoms with Crippen LogP contribution in [0.5, 0.6) is 0 Å². The van der Waals surface area contributed by atoms with E-state index in [4.69, 9.17) is 10.1 Å². The minimum atomic E-state index is 0.257. The molecule has 0 aliphatic heterocycles.